The van der Waals surface area contributed by atoms with Gasteiger partial charge in [0, 0.05) is 19.9 Å². The average Bonchev–Trinajstić information content (AvgIpc) is 2.23. The van der Waals surface area contributed by atoms with E-state index in [0.717, 1.165) is 7.05 Å². The zero-order chi connectivity index (χ0) is 14.1. The lowest BCUT2D eigenvalue weighted by molar-refractivity contribution is -0.137. The minimum atomic E-state index is -2.66. The summed E-state index contributed by atoms with van der Waals surface area (Å²) in [5, 5.41) is 10.3. The van der Waals surface area contributed by atoms with Crippen molar-refractivity contribution in [2.75, 3.05) is 13.6 Å². The molecule has 0 aliphatic carbocycles. The second-order valence-corrected chi connectivity index (χ2v) is 3.73. The van der Waals surface area contributed by atoms with Crippen LogP contribution < -0.4 is 5.32 Å². The monoisotopic (exact) mass is 266 g/mol. The lowest BCUT2D eigenvalue weighted by atomic mass is 10.2. The van der Waals surface area contributed by atoms with Crippen molar-refractivity contribution >= 4 is 17.9 Å². The van der Waals surface area contributed by atoms with E-state index in [1.807, 2.05) is 5.32 Å². The molecule has 0 aromatic carbocycles. The van der Waals surface area contributed by atoms with Crippen molar-refractivity contribution in [1.29, 1.82) is 0 Å². The summed E-state index contributed by atoms with van der Waals surface area (Å²) < 4.78 is 23.9. The van der Waals surface area contributed by atoms with Crippen LogP contribution in [-0.2, 0) is 9.59 Å². The molecule has 0 aliphatic heterocycles. The lowest BCUT2D eigenvalue weighted by Crippen LogP contribution is -2.42. The maximum absolute atomic E-state index is 11.9. The van der Waals surface area contributed by atoms with Gasteiger partial charge in [0.05, 0.1) is 6.54 Å². The second-order valence-electron chi connectivity index (χ2n) is 3.73. The highest BCUT2D eigenvalue weighted by atomic mass is 19.3. The van der Waals surface area contributed by atoms with Crippen LogP contribution in [0.2, 0.25) is 0 Å². The van der Waals surface area contributed by atoms with Crippen molar-refractivity contribution < 1.29 is 28.3 Å². The molecule has 0 atom stereocenters. The molecule has 0 saturated carbocycles. The first-order valence-corrected chi connectivity index (χ1v) is 5.37. The number of amides is 3. The smallest absolute Gasteiger partial charge is 0.323 e. The Balaban J connectivity index is 3.80. The van der Waals surface area contributed by atoms with Crippen molar-refractivity contribution in [3.05, 3.63) is 0 Å². The van der Waals surface area contributed by atoms with E-state index in [4.69, 9.17) is 5.11 Å². The highest BCUT2D eigenvalue weighted by Crippen LogP contribution is 2.00. The number of carboxylic acids is 1. The van der Waals surface area contributed by atoms with Crippen LogP contribution in [0.5, 0.6) is 0 Å². The lowest BCUT2D eigenvalue weighted by Gasteiger charge is -2.16. The Morgan fingerprint density at radius 3 is 2.28 bits per heavy atom. The normalized spacial score (nSPS) is 10.2. The highest BCUT2D eigenvalue weighted by molar-refractivity contribution is 5.94. The summed E-state index contributed by atoms with van der Waals surface area (Å²) in [6.07, 6.45) is -2.08. The van der Waals surface area contributed by atoms with Gasteiger partial charge in [-0.05, 0) is 12.8 Å². The molecule has 0 radical (unpaired) electrons. The molecule has 2 N–H and O–H groups in total. The largest absolute Gasteiger partial charge is 0.481 e. The Bertz CT molecular complexity index is 310. The molecule has 8 heteroatoms. The Morgan fingerprint density at radius 1 is 1.22 bits per heavy atom. The Kier molecular flexibility index (Phi) is 7.57. The minimum absolute atomic E-state index is 0.0124. The van der Waals surface area contributed by atoms with Crippen LogP contribution in [0.15, 0.2) is 0 Å². The molecule has 18 heavy (non-hydrogen) atoms. The number of hydrogen-bond donors (Lipinski definition) is 2. The van der Waals surface area contributed by atoms with Crippen LogP contribution in [0, 0.1) is 0 Å². The summed E-state index contributed by atoms with van der Waals surface area (Å²) >= 11 is 0. The predicted octanol–water partition coefficient (Wildman–Crippen LogP) is 1.06. The van der Waals surface area contributed by atoms with E-state index in [1.54, 1.807) is 0 Å². The van der Waals surface area contributed by atoms with E-state index >= 15 is 0 Å². The molecule has 0 rings (SSSR count). The molecule has 0 unspecified atom stereocenters. The van der Waals surface area contributed by atoms with Crippen LogP contribution in [0.3, 0.4) is 0 Å². The fourth-order valence-electron chi connectivity index (χ4n) is 1.13. The van der Waals surface area contributed by atoms with Crippen molar-refractivity contribution in [2.45, 2.75) is 32.1 Å². The van der Waals surface area contributed by atoms with Crippen LogP contribution in [-0.4, -0.2) is 47.9 Å². The number of nitrogens with zero attached hydrogens (tertiary/aromatic N) is 1. The van der Waals surface area contributed by atoms with Crippen LogP contribution >= 0.6 is 0 Å². The first-order chi connectivity index (χ1) is 8.32. The zero-order valence-corrected chi connectivity index (χ0v) is 9.99. The minimum Gasteiger partial charge on any atom is -0.481 e. The first kappa shape index (κ1) is 16.3. The van der Waals surface area contributed by atoms with Gasteiger partial charge in [-0.3, -0.25) is 14.9 Å². The van der Waals surface area contributed by atoms with Gasteiger partial charge in [0.15, 0.2) is 0 Å². The molecule has 0 aromatic heterocycles. The first-order valence-electron chi connectivity index (χ1n) is 5.37. The number of nitrogens with one attached hydrogen (secondary N) is 1. The number of unbranched alkanes of at least 4 members (excludes halogenated alkanes) is 1. The Hall–Kier alpha value is -1.73. The topological polar surface area (TPSA) is 86.7 Å². The molecule has 0 fully saturated rings. The Labute approximate surface area is 103 Å². The van der Waals surface area contributed by atoms with E-state index < -0.39 is 30.9 Å². The quantitative estimate of drug-likeness (QED) is 0.675. The molecule has 0 spiro atoms. The molecule has 0 bridgehead atoms. The number of imide groups is 1. The third kappa shape index (κ3) is 8.43. The third-order valence-electron chi connectivity index (χ3n) is 2.05. The molecule has 0 heterocycles. The van der Waals surface area contributed by atoms with E-state index in [1.165, 1.54) is 0 Å². The van der Waals surface area contributed by atoms with Crippen LogP contribution in [0.4, 0.5) is 13.6 Å². The van der Waals surface area contributed by atoms with Gasteiger partial charge in [0.2, 0.25) is 5.91 Å². The van der Waals surface area contributed by atoms with Crippen molar-refractivity contribution in [3.63, 3.8) is 0 Å². The molecule has 6 nitrogen and oxygen atoms in total. The number of carbonyl (C=O) groups is 3. The van der Waals surface area contributed by atoms with Gasteiger partial charge >= 0.3 is 12.0 Å². The van der Waals surface area contributed by atoms with Crippen LogP contribution in [0.25, 0.3) is 0 Å². The second kappa shape index (κ2) is 8.37. The number of aliphatic carboxylic acids is 1. The molecule has 3 amide bonds. The summed E-state index contributed by atoms with van der Waals surface area (Å²) in [4.78, 5) is 33.3. The molecular weight excluding hydrogens is 250 g/mol. The van der Waals surface area contributed by atoms with Gasteiger partial charge in [0.1, 0.15) is 0 Å². The standard InChI is InChI=1S/C10H16F2N2O4/c1-14(6-7(11)12)10(18)13-8(15)4-2-3-5-9(16)17/h7H,2-6H2,1H3,(H,16,17)(H,13,15,18). The fraction of sp³-hybridized carbons (Fsp3) is 0.700. The summed E-state index contributed by atoms with van der Waals surface area (Å²) in [6.45, 7) is -0.752. The van der Waals surface area contributed by atoms with Gasteiger partial charge in [0.25, 0.3) is 6.43 Å². The number of alkyl halides is 2. The summed E-state index contributed by atoms with van der Waals surface area (Å²) in [6, 6.07) is -0.890. The molecule has 0 aromatic rings. The number of urea groups is 1. The molecule has 104 valence electrons. The van der Waals surface area contributed by atoms with Gasteiger partial charge in [-0.2, -0.15) is 0 Å². The van der Waals surface area contributed by atoms with Gasteiger partial charge in [-0.25, -0.2) is 13.6 Å². The van der Waals surface area contributed by atoms with E-state index in [-0.39, 0.29) is 12.8 Å². The fourth-order valence-corrected chi connectivity index (χ4v) is 1.13. The van der Waals surface area contributed by atoms with Gasteiger partial charge in [-0.15, -0.1) is 0 Å². The maximum atomic E-state index is 11.9. The molecule has 0 aliphatic rings. The average molecular weight is 266 g/mol. The maximum Gasteiger partial charge on any atom is 0.323 e. The summed E-state index contributed by atoms with van der Waals surface area (Å²) in [5.41, 5.74) is 0. The van der Waals surface area contributed by atoms with E-state index in [9.17, 15) is 23.2 Å². The van der Waals surface area contributed by atoms with Crippen LogP contribution in [0.1, 0.15) is 25.7 Å². The van der Waals surface area contributed by atoms with Crippen molar-refractivity contribution in [1.82, 2.24) is 10.2 Å². The van der Waals surface area contributed by atoms with E-state index in [0.29, 0.717) is 17.7 Å². The third-order valence-corrected chi connectivity index (χ3v) is 2.05. The number of rotatable bonds is 7. The molecular formula is C10H16F2N2O4. The van der Waals surface area contributed by atoms with Crippen molar-refractivity contribution in [3.8, 4) is 0 Å². The zero-order valence-electron chi connectivity index (χ0n) is 9.99. The predicted molar refractivity (Wildman–Crippen MR) is 58.3 cm³/mol. The highest BCUT2D eigenvalue weighted by Gasteiger charge is 2.15. The number of hydrogen-bond acceptors (Lipinski definition) is 3. The summed E-state index contributed by atoms with van der Waals surface area (Å²) in [5.74, 6) is -1.56. The van der Waals surface area contributed by atoms with Gasteiger partial charge in [-0.1, -0.05) is 0 Å². The number of carbonyl (C=O) groups excluding carboxylic acids is 2. The van der Waals surface area contributed by atoms with Crippen molar-refractivity contribution in [2.24, 2.45) is 0 Å². The SMILES string of the molecule is CN(CC(F)F)C(=O)NC(=O)CCCCC(=O)O. The number of halogens is 2. The van der Waals surface area contributed by atoms with E-state index in [2.05, 4.69) is 0 Å². The summed E-state index contributed by atoms with van der Waals surface area (Å²) in [7, 11) is 1.15. The van der Waals surface area contributed by atoms with Gasteiger partial charge < -0.3 is 10.0 Å². The Morgan fingerprint density at radius 2 is 1.78 bits per heavy atom. The number of carboxylic acid groups (broad SMARTS) is 1. The molecule has 0 saturated heterocycles.